The van der Waals surface area contributed by atoms with E-state index in [9.17, 15) is 9.00 Å². The molecule has 7 heteroatoms. The molecule has 1 aromatic rings. The Morgan fingerprint density at radius 3 is 2.63 bits per heavy atom. The molecule has 0 fully saturated rings. The van der Waals surface area contributed by atoms with E-state index in [0.29, 0.717) is 11.3 Å². The first-order chi connectivity index (χ1) is 8.72. The van der Waals surface area contributed by atoms with Crippen LogP contribution in [0.3, 0.4) is 0 Å². The van der Waals surface area contributed by atoms with Crippen molar-refractivity contribution in [2.24, 2.45) is 21.2 Å². The average Bonchev–Trinajstić information content (AvgIpc) is 2.27. The Hall–Kier alpha value is -0.760. The van der Waals surface area contributed by atoms with Gasteiger partial charge in [0.05, 0.1) is 10.9 Å². The fourth-order valence-electron chi connectivity index (χ4n) is 1.51. The van der Waals surface area contributed by atoms with Crippen LogP contribution in [0.4, 0.5) is 0 Å². The number of benzene rings is 1. The molecule has 0 saturated carbocycles. The molecule has 19 heavy (non-hydrogen) atoms. The summed E-state index contributed by atoms with van der Waals surface area (Å²) in [4.78, 5) is 12.1. The van der Waals surface area contributed by atoms with Gasteiger partial charge in [-0.05, 0) is 30.5 Å². The number of carbonyl (C=O) groups is 1. The van der Waals surface area contributed by atoms with Crippen LogP contribution >= 0.6 is 15.9 Å². The van der Waals surface area contributed by atoms with E-state index in [1.54, 1.807) is 24.3 Å². The van der Waals surface area contributed by atoms with Gasteiger partial charge in [-0.3, -0.25) is 4.79 Å². The predicted octanol–water partition coefficient (Wildman–Crippen LogP) is 2.05. The van der Waals surface area contributed by atoms with Gasteiger partial charge in [-0.25, -0.2) is 9.35 Å². The Morgan fingerprint density at radius 2 is 2.11 bits per heavy atom. The molecule has 0 aliphatic rings. The van der Waals surface area contributed by atoms with Gasteiger partial charge in [0, 0.05) is 4.47 Å². The maximum atomic E-state index is 12.3. The lowest BCUT2D eigenvalue weighted by molar-refractivity contribution is -0.119. The Balaban J connectivity index is 3.03. The summed E-state index contributed by atoms with van der Waals surface area (Å²) in [6.45, 7) is 3.89. The fraction of sp³-hybridized carbons (Fsp3) is 0.417. The lowest BCUT2D eigenvalue weighted by Crippen LogP contribution is -2.32. The highest BCUT2D eigenvalue weighted by Gasteiger charge is 2.17. The van der Waals surface area contributed by atoms with Crippen molar-refractivity contribution < 1.29 is 9.00 Å². The van der Waals surface area contributed by atoms with Crippen LogP contribution in [0.25, 0.3) is 0 Å². The van der Waals surface area contributed by atoms with Gasteiger partial charge in [-0.15, -0.1) is 4.36 Å². The van der Waals surface area contributed by atoms with E-state index in [0.717, 1.165) is 4.47 Å². The van der Waals surface area contributed by atoms with Gasteiger partial charge in [0.2, 0.25) is 0 Å². The maximum Gasteiger partial charge on any atom is 0.271 e. The third kappa shape index (κ3) is 5.02. The highest BCUT2D eigenvalue weighted by atomic mass is 79.9. The number of hydrogen-bond donors (Lipinski definition) is 2. The summed E-state index contributed by atoms with van der Waals surface area (Å²) in [5, 5.41) is 5.64. The van der Waals surface area contributed by atoms with E-state index < -0.39 is 21.9 Å². The quantitative estimate of drug-likeness (QED) is 0.871. The Labute approximate surface area is 122 Å². The second kappa shape index (κ2) is 6.60. The molecule has 4 N–H and O–H groups in total. The molecule has 1 rings (SSSR count). The van der Waals surface area contributed by atoms with Crippen molar-refractivity contribution in [2.75, 3.05) is 0 Å². The van der Waals surface area contributed by atoms with E-state index >= 15 is 0 Å². The summed E-state index contributed by atoms with van der Waals surface area (Å²) in [5.74, 6) is -0.366. The standard InChI is InChI=1S/C12H18BrN3O2S/c1-8(2)6-11(14)12(17)16-19(15,18)10-5-3-4-9(13)7-10/h3-5,7-8,11H,6,14H2,1-2H3,(H2,15,16,17,18)/t11-,19?/m0/s1. The van der Waals surface area contributed by atoms with Crippen molar-refractivity contribution in [2.45, 2.75) is 31.2 Å². The van der Waals surface area contributed by atoms with E-state index in [2.05, 4.69) is 20.3 Å². The molecule has 2 atom stereocenters. The van der Waals surface area contributed by atoms with E-state index in [4.69, 9.17) is 10.9 Å². The highest BCUT2D eigenvalue weighted by Crippen LogP contribution is 2.16. The summed E-state index contributed by atoms with van der Waals surface area (Å²) >= 11 is 3.25. The first-order valence-electron chi connectivity index (χ1n) is 5.82. The Morgan fingerprint density at radius 1 is 1.47 bits per heavy atom. The van der Waals surface area contributed by atoms with Gasteiger partial charge >= 0.3 is 0 Å². The molecule has 106 valence electrons. The summed E-state index contributed by atoms with van der Waals surface area (Å²) in [7, 11) is -3.25. The smallest absolute Gasteiger partial charge is 0.271 e. The van der Waals surface area contributed by atoms with Crippen LogP contribution in [0.1, 0.15) is 20.3 Å². The van der Waals surface area contributed by atoms with Crippen LogP contribution in [-0.4, -0.2) is 16.2 Å². The second-order valence-corrected chi connectivity index (χ2v) is 7.40. The molecule has 0 spiro atoms. The van der Waals surface area contributed by atoms with E-state index in [-0.39, 0.29) is 5.92 Å². The molecule has 0 aliphatic carbocycles. The molecule has 0 saturated heterocycles. The third-order valence-electron chi connectivity index (χ3n) is 2.40. The van der Waals surface area contributed by atoms with Crippen molar-refractivity contribution in [3.05, 3.63) is 28.7 Å². The van der Waals surface area contributed by atoms with Gasteiger partial charge < -0.3 is 5.73 Å². The highest BCUT2D eigenvalue weighted by molar-refractivity contribution is 9.10. The minimum absolute atomic E-state index is 0.258. The summed E-state index contributed by atoms with van der Waals surface area (Å²) in [6.07, 6.45) is 0.482. The minimum Gasteiger partial charge on any atom is -0.320 e. The van der Waals surface area contributed by atoms with Crippen molar-refractivity contribution in [3.63, 3.8) is 0 Å². The van der Waals surface area contributed by atoms with Gasteiger partial charge in [0.25, 0.3) is 5.91 Å². The minimum atomic E-state index is -3.25. The first kappa shape index (κ1) is 16.3. The van der Waals surface area contributed by atoms with Gasteiger partial charge in [0.15, 0.2) is 0 Å². The van der Waals surface area contributed by atoms with Crippen molar-refractivity contribution in [1.29, 1.82) is 0 Å². The summed E-state index contributed by atoms with van der Waals surface area (Å²) < 4.78 is 16.6. The summed E-state index contributed by atoms with van der Waals surface area (Å²) in [5.41, 5.74) is 5.70. The van der Waals surface area contributed by atoms with Gasteiger partial charge in [0.1, 0.15) is 9.92 Å². The molecule has 1 unspecified atom stereocenters. The van der Waals surface area contributed by atoms with Crippen molar-refractivity contribution in [1.82, 2.24) is 0 Å². The molecule has 0 heterocycles. The second-order valence-electron chi connectivity index (χ2n) is 4.69. The van der Waals surface area contributed by atoms with Crippen LogP contribution in [-0.2, 0) is 14.7 Å². The van der Waals surface area contributed by atoms with E-state index in [1.807, 2.05) is 13.8 Å². The number of carbonyl (C=O) groups excluding carboxylic acids is 1. The molecule has 5 nitrogen and oxygen atoms in total. The number of amides is 1. The number of hydrogen-bond acceptors (Lipinski definition) is 3. The van der Waals surface area contributed by atoms with Crippen LogP contribution in [0.5, 0.6) is 0 Å². The zero-order chi connectivity index (χ0) is 14.6. The number of halogens is 1. The molecular weight excluding hydrogens is 330 g/mol. The van der Waals surface area contributed by atoms with Crippen LogP contribution in [0, 0.1) is 5.92 Å². The summed E-state index contributed by atoms with van der Waals surface area (Å²) in [6, 6.07) is 5.83. The average molecular weight is 348 g/mol. The molecule has 0 radical (unpaired) electrons. The number of nitrogens with two attached hydrogens (primary N) is 2. The van der Waals surface area contributed by atoms with Gasteiger partial charge in [-0.1, -0.05) is 35.8 Å². The largest absolute Gasteiger partial charge is 0.320 e. The number of rotatable bonds is 4. The van der Waals surface area contributed by atoms with Crippen LogP contribution in [0.15, 0.2) is 38.0 Å². The zero-order valence-corrected chi connectivity index (χ0v) is 13.3. The molecule has 1 amide bonds. The first-order valence-corrected chi connectivity index (χ1v) is 8.19. The lowest BCUT2D eigenvalue weighted by atomic mass is 10.0. The molecule has 0 aromatic heterocycles. The Bertz CT molecular complexity index is 580. The molecule has 0 bridgehead atoms. The van der Waals surface area contributed by atoms with Crippen LogP contribution in [0.2, 0.25) is 0 Å². The third-order valence-corrected chi connectivity index (χ3v) is 4.28. The van der Waals surface area contributed by atoms with Crippen molar-refractivity contribution >= 4 is 31.8 Å². The lowest BCUT2D eigenvalue weighted by Gasteiger charge is -2.11. The predicted molar refractivity (Wildman–Crippen MR) is 79.6 cm³/mol. The van der Waals surface area contributed by atoms with Gasteiger partial charge in [-0.2, -0.15) is 0 Å². The topological polar surface area (TPSA) is 98.5 Å². The van der Waals surface area contributed by atoms with Crippen molar-refractivity contribution in [3.8, 4) is 0 Å². The van der Waals surface area contributed by atoms with Crippen LogP contribution < -0.4 is 10.9 Å². The monoisotopic (exact) mass is 347 g/mol. The molecule has 1 aromatic carbocycles. The maximum absolute atomic E-state index is 12.3. The zero-order valence-electron chi connectivity index (χ0n) is 10.9. The Kier molecular flexibility index (Phi) is 5.66. The van der Waals surface area contributed by atoms with E-state index in [1.165, 1.54) is 0 Å². The number of nitrogens with zero attached hydrogens (tertiary/aromatic N) is 1. The molecule has 0 aliphatic heterocycles. The fourth-order valence-corrected chi connectivity index (χ4v) is 3.14. The SMILES string of the molecule is CC(C)C[C@H](N)C(=O)N=S(N)(=O)c1cccc(Br)c1. The molecular formula is C12H18BrN3O2S. The normalized spacial score (nSPS) is 15.9.